The summed E-state index contributed by atoms with van der Waals surface area (Å²) in [6.45, 7) is 4.64. The van der Waals surface area contributed by atoms with Gasteiger partial charge in [-0.15, -0.1) is 0 Å². The van der Waals surface area contributed by atoms with Crippen LogP contribution in [-0.2, 0) is 13.1 Å². The first-order valence-corrected chi connectivity index (χ1v) is 14.3. The van der Waals surface area contributed by atoms with Crippen LogP contribution in [0, 0.1) is 5.82 Å². The number of benzene rings is 2. The molecule has 208 valence electrons. The van der Waals surface area contributed by atoms with Gasteiger partial charge >= 0.3 is 6.01 Å². The van der Waals surface area contributed by atoms with Gasteiger partial charge in [0, 0.05) is 37.2 Å². The fourth-order valence-electron chi connectivity index (χ4n) is 7.02. The maximum Gasteiger partial charge on any atom is 0.319 e. The zero-order valence-electron chi connectivity index (χ0n) is 22.6. The molecule has 2 saturated heterocycles. The van der Waals surface area contributed by atoms with Crippen LogP contribution < -0.4 is 9.64 Å². The summed E-state index contributed by atoms with van der Waals surface area (Å²) in [5.41, 5.74) is 0.805. The summed E-state index contributed by atoms with van der Waals surface area (Å²) < 4.78 is 25.0. The molecule has 3 aromatic heterocycles. The number of aromatic nitrogens is 5. The van der Waals surface area contributed by atoms with Crippen LogP contribution in [0.1, 0.15) is 31.5 Å². The van der Waals surface area contributed by atoms with E-state index in [4.69, 9.17) is 9.72 Å². The van der Waals surface area contributed by atoms with Crippen LogP contribution in [0.4, 0.5) is 10.2 Å². The van der Waals surface area contributed by atoms with Crippen LogP contribution in [-0.4, -0.2) is 66.3 Å². The van der Waals surface area contributed by atoms with Gasteiger partial charge in [0.2, 0.25) is 0 Å². The van der Waals surface area contributed by atoms with Crippen LogP contribution in [0.15, 0.2) is 55.0 Å². The number of aromatic hydroxyl groups is 1. The van der Waals surface area contributed by atoms with Gasteiger partial charge in [0.05, 0.1) is 17.5 Å². The van der Waals surface area contributed by atoms with E-state index in [1.165, 1.54) is 0 Å². The van der Waals surface area contributed by atoms with Crippen molar-refractivity contribution in [1.82, 2.24) is 29.4 Å². The lowest BCUT2D eigenvalue weighted by Gasteiger charge is -2.32. The highest BCUT2D eigenvalue weighted by Crippen LogP contribution is 2.40. The van der Waals surface area contributed by atoms with Gasteiger partial charge in [-0.1, -0.05) is 24.3 Å². The van der Waals surface area contributed by atoms with Crippen molar-refractivity contribution in [3.05, 3.63) is 66.6 Å². The first-order chi connectivity index (χ1) is 20.1. The van der Waals surface area contributed by atoms with E-state index in [-0.39, 0.29) is 28.5 Å². The molecule has 41 heavy (non-hydrogen) atoms. The van der Waals surface area contributed by atoms with Crippen molar-refractivity contribution in [2.75, 3.05) is 31.1 Å². The van der Waals surface area contributed by atoms with Gasteiger partial charge in [-0.25, -0.2) is 9.37 Å². The Kier molecular flexibility index (Phi) is 5.60. The maximum absolute atomic E-state index is 16.6. The molecule has 0 atom stereocenters. The number of halogens is 1. The number of phenols is 1. The number of rotatable bonds is 5. The number of phenolic OH excluding ortho intramolecular Hbond substituents is 1. The second kappa shape index (κ2) is 9.37. The Labute approximate surface area is 236 Å². The van der Waals surface area contributed by atoms with Crippen molar-refractivity contribution >= 4 is 27.5 Å². The van der Waals surface area contributed by atoms with Crippen molar-refractivity contribution in [1.29, 1.82) is 0 Å². The molecule has 10 heteroatoms. The van der Waals surface area contributed by atoms with Gasteiger partial charge in [-0.3, -0.25) is 9.88 Å². The maximum atomic E-state index is 16.6. The molecule has 0 aliphatic carbocycles. The molecule has 0 amide bonds. The highest BCUT2D eigenvalue weighted by Gasteiger charge is 2.45. The minimum Gasteiger partial charge on any atom is -0.508 e. The molecule has 0 saturated carbocycles. The van der Waals surface area contributed by atoms with Crippen molar-refractivity contribution in [2.45, 2.75) is 44.3 Å². The van der Waals surface area contributed by atoms with Crippen LogP contribution in [0.5, 0.6) is 11.8 Å². The van der Waals surface area contributed by atoms with E-state index in [1.807, 2.05) is 30.5 Å². The smallest absolute Gasteiger partial charge is 0.319 e. The third-order valence-corrected chi connectivity index (χ3v) is 9.07. The van der Waals surface area contributed by atoms with Crippen LogP contribution >= 0.6 is 0 Å². The predicted molar refractivity (Wildman–Crippen MR) is 153 cm³/mol. The molecule has 3 aliphatic heterocycles. The number of pyridine rings is 1. The van der Waals surface area contributed by atoms with Gasteiger partial charge in [0.1, 0.15) is 35.2 Å². The zero-order chi connectivity index (χ0) is 27.6. The Balaban J connectivity index is 1.26. The first kappa shape index (κ1) is 24.5. The summed E-state index contributed by atoms with van der Waals surface area (Å²) in [4.78, 5) is 23.2. The van der Waals surface area contributed by atoms with Gasteiger partial charge in [-0.05, 0) is 61.7 Å². The molecule has 6 heterocycles. The SMILES string of the molecule is Oc1cc(-c2ncc3c(N4CCn5ccnc5C4)nc(OCC45CCCN4CCC5)nc3c2F)c2ccccc2c1. The van der Waals surface area contributed by atoms with Crippen LogP contribution in [0.25, 0.3) is 32.9 Å². The lowest BCUT2D eigenvalue weighted by Crippen LogP contribution is -2.43. The average molecular weight is 552 g/mol. The Morgan fingerprint density at radius 2 is 1.83 bits per heavy atom. The number of hydrogen-bond acceptors (Lipinski definition) is 8. The van der Waals surface area contributed by atoms with Gasteiger partial charge < -0.3 is 19.3 Å². The minimum atomic E-state index is -0.563. The average Bonchev–Trinajstić information content (AvgIpc) is 3.71. The van der Waals surface area contributed by atoms with Crippen molar-refractivity contribution in [3.8, 4) is 23.0 Å². The molecular weight excluding hydrogens is 521 g/mol. The summed E-state index contributed by atoms with van der Waals surface area (Å²) in [5.74, 6) is 0.998. The molecule has 2 fully saturated rings. The molecule has 2 aromatic carbocycles. The number of ether oxygens (including phenoxy) is 1. The van der Waals surface area contributed by atoms with E-state index < -0.39 is 5.82 Å². The quantitative estimate of drug-likeness (QED) is 0.329. The second-order valence-corrected chi connectivity index (χ2v) is 11.4. The Morgan fingerprint density at radius 1 is 0.976 bits per heavy atom. The molecule has 1 N–H and O–H groups in total. The van der Waals surface area contributed by atoms with E-state index in [1.54, 1.807) is 24.5 Å². The van der Waals surface area contributed by atoms with E-state index in [2.05, 4.69) is 29.3 Å². The normalized spacial score (nSPS) is 18.2. The number of anilines is 1. The largest absolute Gasteiger partial charge is 0.508 e. The topological polar surface area (TPSA) is 92.4 Å². The third-order valence-electron chi connectivity index (χ3n) is 9.07. The van der Waals surface area contributed by atoms with Crippen LogP contribution in [0.2, 0.25) is 0 Å². The first-order valence-electron chi connectivity index (χ1n) is 14.3. The Morgan fingerprint density at radius 3 is 2.71 bits per heavy atom. The Bertz CT molecular complexity index is 1790. The highest BCUT2D eigenvalue weighted by atomic mass is 19.1. The molecular formula is C31H30FN7O2. The van der Waals surface area contributed by atoms with E-state index in [0.717, 1.165) is 61.9 Å². The summed E-state index contributed by atoms with van der Waals surface area (Å²) in [6, 6.07) is 11.0. The molecule has 8 rings (SSSR count). The number of fused-ring (bicyclic) bond motifs is 4. The standard InChI is InChI=1S/C31H30FN7O2/c32-26-27(23-16-21(40)15-20-5-1-2-6-22(20)23)34-17-24-28(26)35-30(41-19-31-7-3-10-39(31)11-4-8-31)36-29(24)38-14-13-37-12-9-33-25(37)18-38/h1-2,5-6,9,12,15-17,40H,3-4,7-8,10-11,13-14,18-19H2. The molecule has 0 radical (unpaired) electrons. The monoisotopic (exact) mass is 551 g/mol. The van der Waals surface area contributed by atoms with Gasteiger partial charge in [0.15, 0.2) is 5.82 Å². The molecule has 3 aliphatic rings. The molecule has 0 bridgehead atoms. The van der Waals surface area contributed by atoms with E-state index in [0.29, 0.717) is 36.5 Å². The lowest BCUT2D eigenvalue weighted by atomic mass is 9.95. The highest BCUT2D eigenvalue weighted by molar-refractivity contribution is 5.99. The van der Waals surface area contributed by atoms with Crippen molar-refractivity contribution < 1.29 is 14.2 Å². The summed E-state index contributed by atoms with van der Waals surface area (Å²) in [7, 11) is 0. The van der Waals surface area contributed by atoms with Crippen LogP contribution in [0.3, 0.4) is 0 Å². The van der Waals surface area contributed by atoms with E-state index in [9.17, 15) is 5.11 Å². The van der Waals surface area contributed by atoms with Gasteiger partial charge in [-0.2, -0.15) is 9.97 Å². The molecule has 9 nitrogen and oxygen atoms in total. The fourth-order valence-corrected chi connectivity index (χ4v) is 7.02. The van der Waals surface area contributed by atoms with E-state index >= 15 is 4.39 Å². The fraction of sp³-hybridized carbons (Fsp3) is 0.355. The Hall–Kier alpha value is -4.31. The third kappa shape index (κ3) is 4.00. The number of nitrogens with zero attached hydrogens (tertiary/aromatic N) is 7. The summed E-state index contributed by atoms with van der Waals surface area (Å²) >= 11 is 0. The van der Waals surface area contributed by atoms with Gasteiger partial charge in [0.25, 0.3) is 0 Å². The van der Waals surface area contributed by atoms with Crippen molar-refractivity contribution in [3.63, 3.8) is 0 Å². The molecule has 0 spiro atoms. The minimum absolute atomic E-state index is 0.0107. The number of imidazole rings is 1. The molecule has 5 aromatic rings. The summed E-state index contributed by atoms with van der Waals surface area (Å²) in [6.07, 6.45) is 9.92. The lowest BCUT2D eigenvalue weighted by molar-refractivity contribution is 0.108. The zero-order valence-corrected chi connectivity index (χ0v) is 22.6. The number of hydrogen-bond donors (Lipinski definition) is 1. The van der Waals surface area contributed by atoms with Crippen molar-refractivity contribution in [2.24, 2.45) is 0 Å². The predicted octanol–water partition coefficient (Wildman–Crippen LogP) is 4.91. The second-order valence-electron chi connectivity index (χ2n) is 11.4. The summed E-state index contributed by atoms with van der Waals surface area (Å²) in [5, 5.41) is 12.5. The molecule has 0 unspecified atom stereocenters.